The van der Waals surface area contributed by atoms with Crippen LogP contribution >= 0.6 is 0 Å². The third-order valence-electron chi connectivity index (χ3n) is 4.11. The van der Waals surface area contributed by atoms with Crippen LogP contribution in [-0.2, 0) is 22.3 Å². The molecule has 0 aliphatic rings. The van der Waals surface area contributed by atoms with Crippen molar-refractivity contribution < 1.29 is 32.5 Å². The smallest absolute Gasteiger partial charge is 0.423 e. The highest BCUT2D eigenvalue weighted by Crippen LogP contribution is 2.32. The van der Waals surface area contributed by atoms with Gasteiger partial charge in [-0.05, 0) is 24.6 Å². The molecule has 2 rings (SSSR count). The summed E-state index contributed by atoms with van der Waals surface area (Å²) < 4.78 is 51.3. The van der Waals surface area contributed by atoms with Gasteiger partial charge in [-0.1, -0.05) is 18.2 Å². The highest BCUT2D eigenvalue weighted by Gasteiger charge is 2.38. The van der Waals surface area contributed by atoms with E-state index >= 15 is 0 Å². The Morgan fingerprint density at radius 3 is 2.55 bits per heavy atom. The molecule has 1 aromatic heterocycles. The number of hydrogen-bond acceptors (Lipinski definition) is 7. The molecule has 0 unspecified atom stereocenters. The van der Waals surface area contributed by atoms with Crippen molar-refractivity contribution in [2.24, 2.45) is 0 Å². The number of alkyl halides is 3. The van der Waals surface area contributed by atoms with Gasteiger partial charge in [-0.3, -0.25) is 4.79 Å². The molecule has 0 radical (unpaired) electrons. The number of methoxy groups -OCH3 is 1. The van der Waals surface area contributed by atoms with E-state index in [0.717, 1.165) is 18.3 Å². The average Bonchev–Trinajstić information content (AvgIpc) is 2.72. The largest absolute Gasteiger partial charge is 0.497 e. The number of nitrogens with zero attached hydrogens (tertiary/aromatic N) is 2. The van der Waals surface area contributed by atoms with Crippen LogP contribution < -0.4 is 15.6 Å². The Kier molecular flexibility index (Phi) is 8.20. The molecule has 0 saturated heterocycles. The van der Waals surface area contributed by atoms with Gasteiger partial charge in [0.25, 0.3) is 5.56 Å². The molecular formula is C20H22F3N3O5. The van der Waals surface area contributed by atoms with Crippen molar-refractivity contribution in [3.63, 3.8) is 0 Å². The lowest BCUT2D eigenvalue weighted by molar-refractivity contribution is -0.139. The molecule has 0 bridgehead atoms. The van der Waals surface area contributed by atoms with Gasteiger partial charge in [-0.25, -0.2) is 9.48 Å². The first-order chi connectivity index (χ1) is 14.7. The molecule has 31 heavy (non-hydrogen) atoms. The number of aliphatic hydroxyl groups is 1. The first kappa shape index (κ1) is 23.9. The van der Waals surface area contributed by atoms with Crippen LogP contribution in [0.5, 0.6) is 5.75 Å². The van der Waals surface area contributed by atoms with E-state index in [9.17, 15) is 27.9 Å². The summed E-state index contributed by atoms with van der Waals surface area (Å²) in [5, 5.41) is 15.6. The van der Waals surface area contributed by atoms with Crippen molar-refractivity contribution in [1.82, 2.24) is 9.78 Å². The number of benzene rings is 1. The Balaban J connectivity index is 2.34. The number of rotatable bonds is 9. The molecule has 8 nitrogen and oxygen atoms in total. The first-order valence-corrected chi connectivity index (χ1v) is 9.22. The van der Waals surface area contributed by atoms with E-state index < -0.39 is 41.6 Å². The van der Waals surface area contributed by atoms with Gasteiger partial charge in [0, 0.05) is 6.08 Å². The molecular weight excluding hydrogens is 419 g/mol. The molecule has 0 aliphatic carbocycles. The predicted molar refractivity (Wildman–Crippen MR) is 106 cm³/mol. The summed E-state index contributed by atoms with van der Waals surface area (Å²) in [6, 6.07) is 5.36. The Hall–Kier alpha value is -3.34. The van der Waals surface area contributed by atoms with Crippen molar-refractivity contribution in [3.8, 4) is 5.75 Å². The summed E-state index contributed by atoms with van der Waals surface area (Å²) in [6.07, 6.45) is -2.01. The van der Waals surface area contributed by atoms with Crippen molar-refractivity contribution >= 4 is 11.7 Å². The van der Waals surface area contributed by atoms with E-state index in [-0.39, 0.29) is 13.2 Å². The van der Waals surface area contributed by atoms with Crippen molar-refractivity contribution in [2.75, 3.05) is 25.6 Å². The number of anilines is 1. The number of esters is 1. The van der Waals surface area contributed by atoms with E-state index in [4.69, 9.17) is 4.74 Å². The van der Waals surface area contributed by atoms with Gasteiger partial charge in [-0.2, -0.15) is 18.3 Å². The van der Waals surface area contributed by atoms with Crippen molar-refractivity contribution in [2.45, 2.75) is 25.7 Å². The molecule has 0 spiro atoms. The molecule has 2 aromatic rings. The maximum Gasteiger partial charge on any atom is 0.423 e. The average molecular weight is 441 g/mol. The number of hydrogen-bond donors (Lipinski definition) is 2. The summed E-state index contributed by atoms with van der Waals surface area (Å²) in [7, 11) is 1.48. The molecule has 0 amide bonds. The fraction of sp³-hybridized carbons (Fsp3) is 0.350. The van der Waals surface area contributed by atoms with Crippen LogP contribution in [0.25, 0.3) is 0 Å². The fourth-order valence-corrected chi connectivity index (χ4v) is 2.63. The Morgan fingerprint density at radius 1 is 1.32 bits per heavy atom. The number of halogens is 3. The van der Waals surface area contributed by atoms with Gasteiger partial charge in [0.2, 0.25) is 0 Å². The standard InChI is InChI=1S/C20H22F3N3O5/c1-3-31-17(28)9-6-14(12-27)25-16-10-24-26(19(29)18(16)20(21,22)23)11-13-4-7-15(30-2)8-5-13/h4-10,14,25,27H,3,11-12H2,1-2H3/b9-6+/t14-/m1/s1. The Labute approximate surface area is 175 Å². The second kappa shape index (κ2) is 10.6. The minimum absolute atomic E-state index is 0.120. The number of aliphatic hydroxyl groups excluding tert-OH is 1. The van der Waals surface area contributed by atoms with Crippen LogP contribution in [-0.4, -0.2) is 47.2 Å². The number of nitrogens with one attached hydrogen (secondary N) is 1. The van der Waals surface area contributed by atoms with Gasteiger partial charge in [0.05, 0.1) is 44.8 Å². The molecule has 1 atom stereocenters. The highest BCUT2D eigenvalue weighted by atomic mass is 19.4. The normalized spacial score (nSPS) is 12.6. The van der Waals surface area contributed by atoms with Crippen LogP contribution in [0.2, 0.25) is 0 Å². The van der Waals surface area contributed by atoms with Gasteiger partial charge >= 0.3 is 12.1 Å². The summed E-state index contributed by atoms with van der Waals surface area (Å²) in [4.78, 5) is 23.9. The molecule has 0 aliphatic heterocycles. The van der Waals surface area contributed by atoms with Crippen molar-refractivity contribution in [3.05, 3.63) is 64.1 Å². The van der Waals surface area contributed by atoms with Gasteiger partial charge in [0.15, 0.2) is 0 Å². The lowest BCUT2D eigenvalue weighted by Gasteiger charge is -2.19. The maximum atomic E-state index is 13.6. The third-order valence-corrected chi connectivity index (χ3v) is 4.11. The van der Waals surface area contributed by atoms with E-state index in [0.29, 0.717) is 16.0 Å². The van der Waals surface area contributed by atoms with Crippen LogP contribution in [0.1, 0.15) is 18.1 Å². The van der Waals surface area contributed by atoms with E-state index in [1.54, 1.807) is 31.2 Å². The van der Waals surface area contributed by atoms with Crippen LogP contribution in [0, 0.1) is 0 Å². The minimum atomic E-state index is -4.98. The summed E-state index contributed by atoms with van der Waals surface area (Å²) >= 11 is 0. The molecule has 1 aromatic carbocycles. The van der Waals surface area contributed by atoms with Crippen LogP contribution in [0.15, 0.2) is 47.4 Å². The monoisotopic (exact) mass is 441 g/mol. The molecule has 2 N–H and O–H groups in total. The quantitative estimate of drug-likeness (QED) is 0.454. The topological polar surface area (TPSA) is 103 Å². The van der Waals surface area contributed by atoms with Gasteiger partial charge in [-0.15, -0.1) is 0 Å². The lowest BCUT2D eigenvalue weighted by Crippen LogP contribution is -2.34. The predicted octanol–water partition coefficient (Wildman–Crippen LogP) is 2.21. The zero-order valence-corrected chi connectivity index (χ0v) is 16.8. The Bertz CT molecular complexity index is 972. The van der Waals surface area contributed by atoms with Crippen LogP contribution in [0.4, 0.5) is 18.9 Å². The number of carbonyl (C=O) groups excluding carboxylic acids is 1. The lowest BCUT2D eigenvalue weighted by atomic mass is 10.2. The second-order valence-electron chi connectivity index (χ2n) is 6.29. The van der Waals surface area contributed by atoms with E-state index in [2.05, 4.69) is 15.2 Å². The number of ether oxygens (including phenoxy) is 2. The molecule has 11 heteroatoms. The van der Waals surface area contributed by atoms with Crippen molar-refractivity contribution in [1.29, 1.82) is 0 Å². The number of aromatic nitrogens is 2. The third kappa shape index (κ3) is 6.57. The second-order valence-corrected chi connectivity index (χ2v) is 6.29. The summed E-state index contributed by atoms with van der Waals surface area (Å²) in [6.45, 7) is 0.894. The van der Waals surface area contributed by atoms with Gasteiger partial charge < -0.3 is 19.9 Å². The SMILES string of the molecule is CCOC(=O)/C=C/[C@H](CO)Nc1cnn(Cc2ccc(OC)cc2)c(=O)c1C(F)(F)F. The summed E-state index contributed by atoms with van der Waals surface area (Å²) in [5.41, 5.74) is -2.87. The Morgan fingerprint density at radius 2 is 2.00 bits per heavy atom. The van der Waals surface area contributed by atoms with Crippen LogP contribution in [0.3, 0.4) is 0 Å². The highest BCUT2D eigenvalue weighted by molar-refractivity contribution is 5.82. The maximum absolute atomic E-state index is 13.6. The number of carbonyl (C=O) groups is 1. The van der Waals surface area contributed by atoms with Gasteiger partial charge in [0.1, 0.15) is 11.3 Å². The zero-order valence-electron chi connectivity index (χ0n) is 16.8. The minimum Gasteiger partial charge on any atom is -0.497 e. The van der Waals surface area contributed by atoms with E-state index in [1.165, 1.54) is 7.11 Å². The first-order valence-electron chi connectivity index (χ1n) is 9.22. The fourth-order valence-electron chi connectivity index (χ4n) is 2.63. The molecule has 168 valence electrons. The molecule has 0 fully saturated rings. The molecule has 1 heterocycles. The molecule has 0 saturated carbocycles. The summed E-state index contributed by atoms with van der Waals surface area (Å²) in [5.74, 6) is -0.155. The zero-order chi connectivity index (χ0) is 23.0. The van der Waals surface area contributed by atoms with E-state index in [1.807, 2.05) is 0 Å².